The number of alkyl halides is 3. The molecule has 1 aromatic carbocycles. The Morgan fingerprint density at radius 1 is 1.14 bits per heavy atom. The van der Waals surface area contributed by atoms with Crippen molar-refractivity contribution >= 4 is 5.91 Å². The van der Waals surface area contributed by atoms with Gasteiger partial charge in [0.15, 0.2) is 0 Å². The Labute approximate surface area is 117 Å². The van der Waals surface area contributed by atoms with Gasteiger partial charge in [0.1, 0.15) is 5.82 Å². The first-order chi connectivity index (χ1) is 9.88. The molecule has 1 aromatic heterocycles. The number of amides is 1. The van der Waals surface area contributed by atoms with Gasteiger partial charge in [0.25, 0.3) is 5.91 Å². The van der Waals surface area contributed by atoms with E-state index in [1.807, 2.05) is 0 Å². The molecule has 0 bridgehead atoms. The Kier molecular flexibility index (Phi) is 4.21. The minimum atomic E-state index is -4.60. The van der Waals surface area contributed by atoms with Crippen molar-refractivity contribution in [3.63, 3.8) is 0 Å². The summed E-state index contributed by atoms with van der Waals surface area (Å²) in [6.07, 6.45) is -1.75. The summed E-state index contributed by atoms with van der Waals surface area (Å²) in [7, 11) is 0. The minimum Gasteiger partial charge on any atom is -0.348 e. The standard InChI is InChI=1S/C14H10F4N2O/c15-12-7-11(14(16,17)18)2-1-10(12)8-20-13(21)9-3-5-19-6-4-9/h1-7H,8H2,(H,20,21). The molecule has 110 valence electrons. The predicted molar refractivity (Wildman–Crippen MR) is 66.8 cm³/mol. The summed E-state index contributed by atoms with van der Waals surface area (Å²) >= 11 is 0. The molecule has 7 heteroatoms. The van der Waals surface area contributed by atoms with Crippen LogP contribution in [0.5, 0.6) is 0 Å². The molecule has 3 nitrogen and oxygen atoms in total. The first kappa shape index (κ1) is 15.0. The molecular formula is C14H10F4N2O. The van der Waals surface area contributed by atoms with E-state index in [9.17, 15) is 22.4 Å². The molecule has 0 spiro atoms. The van der Waals surface area contributed by atoms with Crippen LogP contribution in [0.15, 0.2) is 42.7 Å². The molecule has 1 heterocycles. The maximum atomic E-state index is 13.6. The topological polar surface area (TPSA) is 42.0 Å². The third kappa shape index (κ3) is 3.77. The number of rotatable bonds is 3. The number of nitrogens with zero attached hydrogens (tertiary/aromatic N) is 1. The highest BCUT2D eigenvalue weighted by Crippen LogP contribution is 2.30. The van der Waals surface area contributed by atoms with Gasteiger partial charge in [0, 0.05) is 30.1 Å². The lowest BCUT2D eigenvalue weighted by atomic mass is 10.1. The Morgan fingerprint density at radius 2 is 1.81 bits per heavy atom. The molecule has 0 saturated carbocycles. The van der Waals surface area contributed by atoms with Crippen LogP contribution in [0.3, 0.4) is 0 Å². The van der Waals surface area contributed by atoms with Crippen LogP contribution in [0.2, 0.25) is 0 Å². The van der Waals surface area contributed by atoms with Gasteiger partial charge in [-0.3, -0.25) is 9.78 Å². The van der Waals surface area contributed by atoms with E-state index in [4.69, 9.17) is 0 Å². The summed E-state index contributed by atoms with van der Waals surface area (Å²) < 4.78 is 50.8. The molecule has 0 unspecified atom stereocenters. The van der Waals surface area contributed by atoms with Gasteiger partial charge in [0.2, 0.25) is 0 Å². The van der Waals surface area contributed by atoms with E-state index in [2.05, 4.69) is 10.3 Å². The molecule has 0 radical (unpaired) electrons. The lowest BCUT2D eigenvalue weighted by molar-refractivity contribution is -0.137. The number of benzene rings is 1. The first-order valence-electron chi connectivity index (χ1n) is 5.92. The van der Waals surface area contributed by atoms with Gasteiger partial charge in [-0.2, -0.15) is 13.2 Å². The Hall–Kier alpha value is -2.44. The zero-order valence-electron chi connectivity index (χ0n) is 10.6. The molecule has 2 aromatic rings. The van der Waals surface area contributed by atoms with Crippen molar-refractivity contribution in [2.45, 2.75) is 12.7 Å². The van der Waals surface area contributed by atoms with Crippen molar-refractivity contribution in [1.82, 2.24) is 10.3 Å². The lowest BCUT2D eigenvalue weighted by Gasteiger charge is -2.10. The zero-order chi connectivity index (χ0) is 15.5. The van der Waals surface area contributed by atoms with Crippen molar-refractivity contribution < 1.29 is 22.4 Å². The molecule has 0 saturated heterocycles. The number of pyridine rings is 1. The van der Waals surface area contributed by atoms with Crippen molar-refractivity contribution in [2.24, 2.45) is 0 Å². The third-order valence-electron chi connectivity index (χ3n) is 2.76. The van der Waals surface area contributed by atoms with Crippen LogP contribution in [0, 0.1) is 5.82 Å². The number of hydrogen-bond acceptors (Lipinski definition) is 2. The van der Waals surface area contributed by atoms with Crippen LogP contribution in [0.4, 0.5) is 17.6 Å². The number of carbonyl (C=O) groups is 1. The highest BCUT2D eigenvalue weighted by molar-refractivity contribution is 5.93. The number of hydrogen-bond donors (Lipinski definition) is 1. The van der Waals surface area contributed by atoms with E-state index in [1.54, 1.807) is 0 Å². The molecule has 2 rings (SSSR count). The first-order valence-corrected chi connectivity index (χ1v) is 5.92. The second kappa shape index (κ2) is 5.90. The maximum absolute atomic E-state index is 13.6. The van der Waals surface area contributed by atoms with E-state index in [0.717, 1.165) is 12.1 Å². The quantitative estimate of drug-likeness (QED) is 0.884. The van der Waals surface area contributed by atoms with E-state index >= 15 is 0 Å². The predicted octanol–water partition coefficient (Wildman–Crippen LogP) is 3.17. The van der Waals surface area contributed by atoms with Crippen LogP contribution in [-0.4, -0.2) is 10.9 Å². The fourth-order valence-electron chi connectivity index (χ4n) is 1.65. The van der Waals surface area contributed by atoms with Gasteiger partial charge in [-0.1, -0.05) is 6.07 Å². The van der Waals surface area contributed by atoms with E-state index in [-0.39, 0.29) is 12.1 Å². The van der Waals surface area contributed by atoms with Crippen LogP contribution in [-0.2, 0) is 12.7 Å². The van der Waals surface area contributed by atoms with Crippen LogP contribution in [0.25, 0.3) is 0 Å². The zero-order valence-corrected chi connectivity index (χ0v) is 10.6. The molecule has 0 fully saturated rings. The summed E-state index contributed by atoms with van der Waals surface area (Å²) in [5.41, 5.74) is -0.757. The highest BCUT2D eigenvalue weighted by atomic mass is 19.4. The van der Waals surface area contributed by atoms with Crippen molar-refractivity contribution in [3.05, 3.63) is 65.2 Å². The summed E-state index contributed by atoms with van der Waals surface area (Å²) in [6.45, 7) is -0.203. The Bertz CT molecular complexity index is 641. The van der Waals surface area contributed by atoms with E-state index in [1.165, 1.54) is 24.5 Å². The molecule has 1 amide bonds. The summed E-state index contributed by atoms with van der Waals surface area (Å²) in [4.78, 5) is 15.5. The SMILES string of the molecule is O=C(NCc1ccc(C(F)(F)F)cc1F)c1ccncc1. The fraction of sp³-hybridized carbons (Fsp3) is 0.143. The van der Waals surface area contributed by atoms with Crippen molar-refractivity contribution in [3.8, 4) is 0 Å². The van der Waals surface area contributed by atoms with Crippen LogP contribution in [0.1, 0.15) is 21.5 Å². The molecule has 0 aliphatic carbocycles. The van der Waals surface area contributed by atoms with Crippen LogP contribution >= 0.6 is 0 Å². The Morgan fingerprint density at radius 3 is 2.38 bits per heavy atom. The monoisotopic (exact) mass is 298 g/mol. The van der Waals surface area contributed by atoms with Gasteiger partial charge < -0.3 is 5.32 Å². The molecule has 0 atom stereocenters. The van der Waals surface area contributed by atoms with Crippen LogP contribution < -0.4 is 5.32 Å². The fourth-order valence-corrected chi connectivity index (χ4v) is 1.65. The minimum absolute atomic E-state index is 0.0228. The van der Waals surface area contributed by atoms with Crippen molar-refractivity contribution in [1.29, 1.82) is 0 Å². The average Bonchev–Trinajstić information content (AvgIpc) is 2.45. The molecule has 0 aliphatic rings. The smallest absolute Gasteiger partial charge is 0.348 e. The summed E-state index contributed by atoms with van der Waals surface area (Å²) in [6, 6.07) is 5.13. The van der Waals surface area contributed by atoms with Gasteiger partial charge >= 0.3 is 6.18 Å². The van der Waals surface area contributed by atoms with Gasteiger partial charge in [0.05, 0.1) is 5.56 Å². The highest BCUT2D eigenvalue weighted by Gasteiger charge is 2.31. The number of aromatic nitrogens is 1. The normalized spacial score (nSPS) is 11.2. The largest absolute Gasteiger partial charge is 0.416 e. The van der Waals surface area contributed by atoms with Gasteiger partial charge in [-0.15, -0.1) is 0 Å². The third-order valence-corrected chi connectivity index (χ3v) is 2.76. The van der Waals surface area contributed by atoms with Gasteiger partial charge in [-0.05, 0) is 24.3 Å². The molecule has 0 aliphatic heterocycles. The second-order valence-electron chi connectivity index (χ2n) is 4.22. The van der Waals surface area contributed by atoms with Crippen molar-refractivity contribution in [2.75, 3.05) is 0 Å². The average molecular weight is 298 g/mol. The van der Waals surface area contributed by atoms with Gasteiger partial charge in [-0.25, -0.2) is 4.39 Å². The molecular weight excluding hydrogens is 288 g/mol. The number of halogens is 4. The Balaban J connectivity index is 2.06. The summed E-state index contributed by atoms with van der Waals surface area (Å²) in [5.74, 6) is -1.48. The summed E-state index contributed by atoms with van der Waals surface area (Å²) in [5, 5.41) is 2.43. The van der Waals surface area contributed by atoms with E-state index in [0.29, 0.717) is 11.6 Å². The molecule has 21 heavy (non-hydrogen) atoms. The van der Waals surface area contributed by atoms with E-state index < -0.39 is 23.5 Å². The lowest BCUT2D eigenvalue weighted by Crippen LogP contribution is -2.23. The number of carbonyl (C=O) groups excluding carboxylic acids is 1. The molecule has 1 N–H and O–H groups in total. The number of nitrogens with one attached hydrogen (secondary N) is 1. The maximum Gasteiger partial charge on any atom is 0.416 e. The second-order valence-corrected chi connectivity index (χ2v) is 4.22.